The Bertz CT molecular complexity index is 606. The summed E-state index contributed by atoms with van der Waals surface area (Å²) in [5, 5.41) is 3.56. The molecule has 100 valence electrons. The summed E-state index contributed by atoms with van der Waals surface area (Å²) in [6.07, 6.45) is 0. The first-order valence-electron chi connectivity index (χ1n) is 5.60. The van der Waals surface area contributed by atoms with E-state index in [-0.39, 0.29) is 11.9 Å². The Kier molecular flexibility index (Phi) is 5.22. The van der Waals surface area contributed by atoms with Crippen molar-refractivity contribution >= 4 is 50.1 Å². The highest BCUT2D eigenvalue weighted by Gasteiger charge is 2.19. The van der Waals surface area contributed by atoms with Crippen molar-refractivity contribution in [3.63, 3.8) is 0 Å². The standard InChI is InChI=1S/C14H11BrClFIN/c1-19-14(10-4-3-9(16)7-12(10)17)11-6-8(15)2-5-13(11)18/h2-7,14,19H,1H3. The molecule has 0 bridgehead atoms. The molecule has 0 spiro atoms. The minimum atomic E-state index is -0.303. The lowest BCUT2D eigenvalue weighted by Gasteiger charge is -2.20. The van der Waals surface area contributed by atoms with Crippen molar-refractivity contribution in [2.24, 2.45) is 0 Å². The van der Waals surface area contributed by atoms with E-state index in [9.17, 15) is 4.39 Å². The van der Waals surface area contributed by atoms with Crippen molar-refractivity contribution in [3.05, 3.63) is 66.4 Å². The number of hydrogen-bond donors (Lipinski definition) is 1. The fraction of sp³-hybridized carbons (Fsp3) is 0.143. The molecule has 0 saturated carbocycles. The molecule has 0 fully saturated rings. The zero-order valence-electron chi connectivity index (χ0n) is 10.1. The van der Waals surface area contributed by atoms with Crippen LogP contribution in [-0.2, 0) is 0 Å². The number of benzene rings is 2. The normalized spacial score (nSPS) is 12.5. The van der Waals surface area contributed by atoms with Crippen LogP contribution in [0.1, 0.15) is 17.2 Å². The zero-order chi connectivity index (χ0) is 14.0. The predicted molar refractivity (Wildman–Crippen MR) is 89.2 cm³/mol. The van der Waals surface area contributed by atoms with Gasteiger partial charge < -0.3 is 5.32 Å². The third kappa shape index (κ3) is 3.48. The molecule has 1 atom stereocenters. The molecular formula is C14H11BrClFIN. The van der Waals surface area contributed by atoms with E-state index in [2.05, 4.69) is 43.8 Å². The molecule has 2 aromatic rings. The van der Waals surface area contributed by atoms with Crippen LogP contribution in [-0.4, -0.2) is 7.05 Å². The second kappa shape index (κ2) is 6.52. The first-order valence-corrected chi connectivity index (χ1v) is 7.85. The van der Waals surface area contributed by atoms with Crippen LogP contribution in [0.3, 0.4) is 0 Å². The molecule has 0 aliphatic carbocycles. The number of hydrogen-bond acceptors (Lipinski definition) is 1. The molecule has 2 rings (SSSR count). The number of halogens is 4. The quantitative estimate of drug-likeness (QED) is 0.633. The third-order valence-electron chi connectivity index (χ3n) is 2.83. The SMILES string of the molecule is CNC(c1ccc(Cl)cc1F)c1cc(Br)ccc1I. The van der Waals surface area contributed by atoms with Gasteiger partial charge in [0.25, 0.3) is 0 Å². The minimum Gasteiger partial charge on any atom is -0.309 e. The molecule has 0 saturated heterocycles. The van der Waals surface area contributed by atoms with Gasteiger partial charge in [0, 0.05) is 18.6 Å². The summed E-state index contributed by atoms with van der Waals surface area (Å²) in [4.78, 5) is 0. The maximum atomic E-state index is 14.1. The lowest BCUT2D eigenvalue weighted by Crippen LogP contribution is -2.20. The Morgan fingerprint density at radius 2 is 1.95 bits per heavy atom. The van der Waals surface area contributed by atoms with Crippen LogP contribution in [0.5, 0.6) is 0 Å². The molecule has 1 N–H and O–H groups in total. The van der Waals surface area contributed by atoms with Crippen molar-refractivity contribution in [1.29, 1.82) is 0 Å². The number of rotatable bonds is 3. The average Bonchev–Trinajstić information content (AvgIpc) is 2.36. The molecule has 0 radical (unpaired) electrons. The smallest absolute Gasteiger partial charge is 0.129 e. The predicted octanol–water partition coefficient (Wildman–Crippen LogP) is 5.16. The van der Waals surface area contributed by atoms with Crippen LogP contribution in [0, 0.1) is 9.39 Å². The first kappa shape index (κ1) is 15.2. The van der Waals surface area contributed by atoms with Gasteiger partial charge in [0.1, 0.15) is 5.82 Å². The van der Waals surface area contributed by atoms with E-state index in [1.807, 2.05) is 25.2 Å². The molecule has 5 heteroatoms. The molecular weight excluding hydrogens is 443 g/mol. The Balaban J connectivity index is 2.52. The van der Waals surface area contributed by atoms with Gasteiger partial charge in [0.15, 0.2) is 0 Å². The van der Waals surface area contributed by atoms with Crippen LogP contribution in [0.25, 0.3) is 0 Å². The van der Waals surface area contributed by atoms with Crippen molar-refractivity contribution in [3.8, 4) is 0 Å². The maximum Gasteiger partial charge on any atom is 0.129 e. The summed E-state index contributed by atoms with van der Waals surface area (Å²) >= 11 is 11.5. The molecule has 0 amide bonds. The van der Waals surface area contributed by atoms with E-state index in [1.54, 1.807) is 12.1 Å². The summed E-state index contributed by atoms with van der Waals surface area (Å²) in [5.41, 5.74) is 1.61. The summed E-state index contributed by atoms with van der Waals surface area (Å²) in [6, 6.07) is 10.5. The van der Waals surface area contributed by atoms with Crippen LogP contribution in [0.15, 0.2) is 40.9 Å². The van der Waals surface area contributed by atoms with Crippen LogP contribution in [0.2, 0.25) is 5.02 Å². The fourth-order valence-electron chi connectivity index (χ4n) is 1.95. The van der Waals surface area contributed by atoms with Gasteiger partial charge in [0.2, 0.25) is 0 Å². The molecule has 0 heterocycles. The maximum absolute atomic E-state index is 14.1. The van der Waals surface area contributed by atoms with Crippen LogP contribution in [0.4, 0.5) is 4.39 Å². The third-order valence-corrected chi connectivity index (χ3v) is 4.54. The fourth-order valence-corrected chi connectivity index (χ4v) is 3.13. The minimum absolute atomic E-state index is 0.207. The van der Waals surface area contributed by atoms with Crippen molar-refractivity contribution < 1.29 is 4.39 Å². The highest BCUT2D eigenvalue weighted by atomic mass is 127. The van der Waals surface area contributed by atoms with Gasteiger partial charge in [-0.1, -0.05) is 33.6 Å². The van der Waals surface area contributed by atoms with E-state index >= 15 is 0 Å². The van der Waals surface area contributed by atoms with Gasteiger partial charge in [-0.15, -0.1) is 0 Å². The summed E-state index contributed by atoms with van der Waals surface area (Å²) in [5.74, 6) is -0.303. The molecule has 2 aromatic carbocycles. The van der Waals surface area contributed by atoms with Crippen molar-refractivity contribution in [2.45, 2.75) is 6.04 Å². The van der Waals surface area contributed by atoms with Crippen LogP contribution >= 0.6 is 50.1 Å². The molecule has 0 aliphatic heterocycles. The molecule has 0 aromatic heterocycles. The van der Waals surface area contributed by atoms with Crippen LogP contribution < -0.4 is 5.32 Å². The van der Waals surface area contributed by atoms with E-state index in [1.165, 1.54) is 6.07 Å². The van der Waals surface area contributed by atoms with Gasteiger partial charge in [-0.25, -0.2) is 4.39 Å². The van der Waals surface area contributed by atoms with Gasteiger partial charge in [-0.3, -0.25) is 0 Å². The topological polar surface area (TPSA) is 12.0 Å². The van der Waals surface area contributed by atoms with E-state index in [4.69, 9.17) is 11.6 Å². The van der Waals surface area contributed by atoms with E-state index in [0.717, 1.165) is 13.6 Å². The zero-order valence-corrected chi connectivity index (χ0v) is 14.6. The Labute approximate surface area is 138 Å². The molecule has 19 heavy (non-hydrogen) atoms. The lowest BCUT2D eigenvalue weighted by molar-refractivity contribution is 0.575. The van der Waals surface area contributed by atoms with Gasteiger partial charge in [-0.05, 0) is 65.5 Å². The first-order chi connectivity index (χ1) is 9.02. The monoisotopic (exact) mass is 453 g/mol. The summed E-state index contributed by atoms with van der Waals surface area (Å²) < 4.78 is 16.1. The highest BCUT2D eigenvalue weighted by Crippen LogP contribution is 2.30. The van der Waals surface area contributed by atoms with E-state index in [0.29, 0.717) is 10.6 Å². The van der Waals surface area contributed by atoms with E-state index < -0.39 is 0 Å². The van der Waals surface area contributed by atoms with Crippen molar-refractivity contribution in [2.75, 3.05) is 7.05 Å². The second-order valence-corrected chi connectivity index (χ2v) is 6.57. The second-order valence-electron chi connectivity index (χ2n) is 4.05. The number of nitrogens with one attached hydrogen (secondary N) is 1. The van der Waals surface area contributed by atoms with Gasteiger partial charge >= 0.3 is 0 Å². The molecule has 0 aliphatic rings. The molecule has 1 unspecified atom stereocenters. The summed E-state index contributed by atoms with van der Waals surface area (Å²) in [6.45, 7) is 0. The van der Waals surface area contributed by atoms with Gasteiger partial charge in [0.05, 0.1) is 6.04 Å². The lowest BCUT2D eigenvalue weighted by atomic mass is 9.98. The highest BCUT2D eigenvalue weighted by molar-refractivity contribution is 14.1. The Hall–Kier alpha value is -0.170. The van der Waals surface area contributed by atoms with Crippen molar-refractivity contribution in [1.82, 2.24) is 5.32 Å². The van der Waals surface area contributed by atoms with Gasteiger partial charge in [-0.2, -0.15) is 0 Å². The largest absolute Gasteiger partial charge is 0.309 e. The Morgan fingerprint density at radius 3 is 2.58 bits per heavy atom. The Morgan fingerprint density at radius 1 is 1.21 bits per heavy atom. The molecule has 1 nitrogen and oxygen atoms in total. The summed E-state index contributed by atoms with van der Waals surface area (Å²) in [7, 11) is 1.82. The average molecular weight is 455 g/mol.